The minimum atomic E-state index is -0.398. The van der Waals surface area contributed by atoms with E-state index in [1.165, 1.54) is 0 Å². The molecule has 7 nitrogen and oxygen atoms in total. The maximum absolute atomic E-state index is 13.0. The monoisotopic (exact) mass is 446 g/mol. The first-order chi connectivity index (χ1) is 15.6. The molecule has 2 aromatic heterocycles. The van der Waals surface area contributed by atoms with Gasteiger partial charge in [0.05, 0.1) is 12.0 Å². The third kappa shape index (κ3) is 4.29. The number of carbonyl (C=O) groups is 2. The molecule has 2 amide bonds. The van der Waals surface area contributed by atoms with Crippen LogP contribution in [0.25, 0.3) is 17.1 Å². The summed E-state index contributed by atoms with van der Waals surface area (Å²) >= 11 is 6.01. The minimum Gasteiger partial charge on any atom is -0.463 e. The third-order valence-electron chi connectivity index (χ3n) is 5.08. The Morgan fingerprint density at radius 3 is 2.53 bits per heavy atom. The van der Waals surface area contributed by atoms with Gasteiger partial charge in [-0.1, -0.05) is 17.7 Å². The zero-order valence-corrected chi connectivity index (χ0v) is 17.7. The first-order valence-electron chi connectivity index (χ1n) is 10.2. The Bertz CT molecular complexity index is 1280. The summed E-state index contributed by atoms with van der Waals surface area (Å²) in [4.78, 5) is 25.3. The Morgan fingerprint density at radius 2 is 1.81 bits per heavy atom. The molecule has 160 valence electrons. The predicted octanol–water partition coefficient (Wildman–Crippen LogP) is 4.93. The standard InChI is InChI=1S/C24H19ClN4O3/c25-16-6-10-19(11-7-16)29-21(22-5-2-12-32-22)14-20(28-29)24(31)27-18-4-1-3-15(13-18)23(30)26-17-8-9-17/h1-7,10-14,17H,8-9H2,(H,26,30)(H,27,31). The average Bonchev–Trinajstić information content (AvgIpc) is 3.26. The van der Waals surface area contributed by atoms with Crippen molar-refractivity contribution < 1.29 is 14.0 Å². The van der Waals surface area contributed by atoms with Crippen molar-refractivity contribution in [1.29, 1.82) is 0 Å². The van der Waals surface area contributed by atoms with Crippen LogP contribution in [-0.4, -0.2) is 27.6 Å². The summed E-state index contributed by atoms with van der Waals surface area (Å²) < 4.78 is 7.16. The average molecular weight is 447 g/mol. The molecule has 32 heavy (non-hydrogen) atoms. The third-order valence-corrected chi connectivity index (χ3v) is 5.33. The Balaban J connectivity index is 1.42. The van der Waals surface area contributed by atoms with E-state index >= 15 is 0 Å². The first kappa shape index (κ1) is 20.1. The Hall–Kier alpha value is -3.84. The number of amides is 2. The highest BCUT2D eigenvalue weighted by molar-refractivity contribution is 6.30. The molecule has 0 radical (unpaired) electrons. The van der Waals surface area contributed by atoms with Crippen LogP contribution >= 0.6 is 11.6 Å². The van der Waals surface area contributed by atoms with Crippen molar-refractivity contribution in [2.75, 3.05) is 5.32 Å². The Kier molecular flexibility index (Phi) is 5.25. The molecule has 0 aliphatic heterocycles. The SMILES string of the molecule is O=C(NC1CC1)c1cccc(NC(=O)c2cc(-c3ccco3)n(-c3ccc(Cl)cc3)n2)c1. The highest BCUT2D eigenvalue weighted by Crippen LogP contribution is 2.26. The molecule has 0 spiro atoms. The molecular formula is C24H19ClN4O3. The Labute approximate surface area is 189 Å². The second kappa shape index (κ2) is 8.36. The lowest BCUT2D eigenvalue weighted by atomic mass is 10.2. The number of halogens is 1. The van der Waals surface area contributed by atoms with E-state index < -0.39 is 5.91 Å². The number of nitrogens with zero attached hydrogens (tertiary/aromatic N) is 2. The van der Waals surface area contributed by atoms with Crippen molar-refractivity contribution in [2.24, 2.45) is 0 Å². The van der Waals surface area contributed by atoms with E-state index in [1.807, 2.05) is 12.1 Å². The van der Waals surface area contributed by atoms with Gasteiger partial charge in [-0.25, -0.2) is 4.68 Å². The Morgan fingerprint density at radius 1 is 1.00 bits per heavy atom. The van der Waals surface area contributed by atoms with E-state index in [1.54, 1.807) is 65.5 Å². The second-order valence-electron chi connectivity index (χ2n) is 7.56. The van der Waals surface area contributed by atoms with Crippen LogP contribution in [-0.2, 0) is 0 Å². The number of hydrogen-bond donors (Lipinski definition) is 2. The zero-order valence-electron chi connectivity index (χ0n) is 16.9. The van der Waals surface area contributed by atoms with Crippen LogP contribution in [0.3, 0.4) is 0 Å². The van der Waals surface area contributed by atoms with Crippen LogP contribution in [0.4, 0.5) is 5.69 Å². The molecule has 0 bridgehead atoms. The molecule has 0 saturated heterocycles. The normalized spacial score (nSPS) is 13.0. The maximum Gasteiger partial charge on any atom is 0.276 e. The summed E-state index contributed by atoms with van der Waals surface area (Å²) in [5, 5.41) is 10.9. The fourth-order valence-corrected chi connectivity index (χ4v) is 3.43. The quantitative estimate of drug-likeness (QED) is 0.439. The molecule has 8 heteroatoms. The molecule has 4 aromatic rings. The highest BCUT2D eigenvalue weighted by atomic mass is 35.5. The summed E-state index contributed by atoms with van der Waals surface area (Å²) in [6.07, 6.45) is 3.58. The number of hydrogen-bond acceptors (Lipinski definition) is 4. The number of aromatic nitrogens is 2. The van der Waals surface area contributed by atoms with Gasteiger partial charge in [-0.2, -0.15) is 5.10 Å². The number of rotatable bonds is 6. The molecule has 5 rings (SSSR count). The molecule has 1 aliphatic rings. The van der Waals surface area contributed by atoms with E-state index in [0.717, 1.165) is 18.5 Å². The van der Waals surface area contributed by atoms with Gasteiger partial charge in [0.1, 0.15) is 5.69 Å². The number of nitrogens with one attached hydrogen (secondary N) is 2. The van der Waals surface area contributed by atoms with Gasteiger partial charge >= 0.3 is 0 Å². The molecule has 0 atom stereocenters. The number of carbonyl (C=O) groups excluding carboxylic acids is 2. The van der Waals surface area contributed by atoms with Gasteiger partial charge in [-0.15, -0.1) is 0 Å². The van der Waals surface area contributed by atoms with Gasteiger partial charge in [0.2, 0.25) is 0 Å². The lowest BCUT2D eigenvalue weighted by Crippen LogP contribution is -2.25. The number of benzene rings is 2. The van der Waals surface area contributed by atoms with Gasteiger partial charge in [0.25, 0.3) is 11.8 Å². The van der Waals surface area contributed by atoms with Crippen LogP contribution in [0.15, 0.2) is 77.4 Å². The highest BCUT2D eigenvalue weighted by Gasteiger charge is 2.24. The molecule has 1 saturated carbocycles. The van der Waals surface area contributed by atoms with E-state index in [-0.39, 0.29) is 17.6 Å². The summed E-state index contributed by atoms with van der Waals surface area (Å²) in [7, 11) is 0. The van der Waals surface area contributed by atoms with E-state index in [0.29, 0.717) is 27.7 Å². The van der Waals surface area contributed by atoms with Crippen molar-refractivity contribution in [3.63, 3.8) is 0 Å². The molecule has 0 unspecified atom stereocenters. The summed E-state index contributed by atoms with van der Waals surface area (Å²) in [6.45, 7) is 0. The number of anilines is 1. The molecule has 2 heterocycles. The molecule has 2 N–H and O–H groups in total. The molecule has 1 fully saturated rings. The van der Waals surface area contributed by atoms with Crippen LogP contribution in [0.5, 0.6) is 0 Å². The van der Waals surface area contributed by atoms with Gasteiger partial charge in [0.15, 0.2) is 11.5 Å². The topological polar surface area (TPSA) is 89.2 Å². The van der Waals surface area contributed by atoms with Gasteiger partial charge in [-0.05, 0) is 67.4 Å². The summed E-state index contributed by atoms with van der Waals surface area (Å²) in [6, 6.07) is 19.5. The van der Waals surface area contributed by atoms with Crippen LogP contribution in [0.1, 0.15) is 33.7 Å². The largest absolute Gasteiger partial charge is 0.463 e. The minimum absolute atomic E-state index is 0.143. The van der Waals surface area contributed by atoms with Crippen molar-refractivity contribution in [2.45, 2.75) is 18.9 Å². The molecule has 2 aromatic carbocycles. The van der Waals surface area contributed by atoms with Crippen molar-refractivity contribution in [3.05, 3.63) is 89.3 Å². The fourth-order valence-electron chi connectivity index (χ4n) is 3.30. The lowest BCUT2D eigenvalue weighted by molar-refractivity contribution is 0.0949. The lowest BCUT2D eigenvalue weighted by Gasteiger charge is -2.07. The smallest absolute Gasteiger partial charge is 0.276 e. The maximum atomic E-state index is 13.0. The fraction of sp³-hybridized carbons (Fsp3) is 0.125. The van der Waals surface area contributed by atoms with E-state index in [4.69, 9.17) is 16.0 Å². The first-order valence-corrected chi connectivity index (χ1v) is 10.6. The molecule has 1 aliphatic carbocycles. The van der Waals surface area contributed by atoms with Gasteiger partial charge < -0.3 is 15.1 Å². The molecular weight excluding hydrogens is 428 g/mol. The van der Waals surface area contributed by atoms with Crippen molar-refractivity contribution >= 4 is 29.1 Å². The van der Waals surface area contributed by atoms with Crippen LogP contribution in [0.2, 0.25) is 5.02 Å². The zero-order chi connectivity index (χ0) is 22.1. The van der Waals surface area contributed by atoms with Crippen LogP contribution in [0, 0.1) is 0 Å². The summed E-state index contributed by atoms with van der Waals surface area (Å²) in [5.41, 5.74) is 2.58. The van der Waals surface area contributed by atoms with E-state index in [9.17, 15) is 9.59 Å². The predicted molar refractivity (Wildman–Crippen MR) is 121 cm³/mol. The summed E-state index contributed by atoms with van der Waals surface area (Å²) in [5.74, 6) is 0.0336. The number of furan rings is 1. The van der Waals surface area contributed by atoms with Crippen molar-refractivity contribution in [1.82, 2.24) is 15.1 Å². The van der Waals surface area contributed by atoms with Crippen molar-refractivity contribution in [3.8, 4) is 17.1 Å². The van der Waals surface area contributed by atoms with Gasteiger partial charge in [0, 0.05) is 28.4 Å². The van der Waals surface area contributed by atoms with E-state index in [2.05, 4.69) is 15.7 Å². The van der Waals surface area contributed by atoms with Crippen LogP contribution < -0.4 is 10.6 Å². The second-order valence-corrected chi connectivity index (χ2v) is 8.00. The van der Waals surface area contributed by atoms with Gasteiger partial charge in [-0.3, -0.25) is 9.59 Å².